The topological polar surface area (TPSA) is 102 Å². The summed E-state index contributed by atoms with van der Waals surface area (Å²) in [6.45, 7) is -0.324. The highest BCUT2D eigenvalue weighted by molar-refractivity contribution is 9.10. The van der Waals surface area contributed by atoms with Crippen LogP contribution in [-0.4, -0.2) is 21.6 Å². The van der Waals surface area contributed by atoms with Crippen LogP contribution in [0.5, 0.6) is 0 Å². The molecular formula is C19H15BrF3N5O2. The van der Waals surface area contributed by atoms with Crippen LogP contribution in [0.3, 0.4) is 0 Å². The van der Waals surface area contributed by atoms with Gasteiger partial charge in [0, 0.05) is 10.2 Å². The van der Waals surface area contributed by atoms with Crippen molar-refractivity contribution in [2.75, 3.05) is 16.4 Å². The van der Waals surface area contributed by atoms with Crippen LogP contribution in [0.1, 0.15) is 15.9 Å². The standard InChI is InChI=1S/C19H15BrF3N5O2/c20-14-3-1-2-4-15(14)27-18(30)13-9-25-28(17(13)24)10-16(29)26-12-7-5-11(6-8-12)19(21,22)23/h1-9H,10,24H2,(H,26,29)(H,27,30). The Balaban J connectivity index is 1.65. The fraction of sp³-hybridized carbons (Fsp3) is 0.105. The van der Waals surface area contributed by atoms with E-state index in [1.54, 1.807) is 24.3 Å². The Hall–Kier alpha value is -3.34. The Morgan fingerprint density at radius 2 is 1.73 bits per heavy atom. The minimum atomic E-state index is -4.46. The van der Waals surface area contributed by atoms with Crippen molar-refractivity contribution in [1.82, 2.24) is 9.78 Å². The molecule has 0 aliphatic rings. The van der Waals surface area contributed by atoms with Crippen molar-refractivity contribution >= 4 is 44.9 Å². The third-order valence-corrected chi connectivity index (χ3v) is 4.73. The van der Waals surface area contributed by atoms with Gasteiger partial charge in [-0.2, -0.15) is 18.3 Å². The maximum atomic E-state index is 12.6. The van der Waals surface area contributed by atoms with E-state index in [0.717, 1.165) is 28.9 Å². The third-order valence-electron chi connectivity index (χ3n) is 4.04. The van der Waals surface area contributed by atoms with Crippen LogP contribution in [0, 0.1) is 0 Å². The lowest BCUT2D eigenvalue weighted by Crippen LogP contribution is -2.21. The average molecular weight is 482 g/mol. The number of nitrogens with one attached hydrogen (secondary N) is 2. The number of anilines is 3. The first kappa shape index (κ1) is 21.4. The SMILES string of the molecule is Nc1c(C(=O)Nc2ccccc2Br)cnn1CC(=O)Nc1ccc(C(F)(F)F)cc1. The highest BCUT2D eigenvalue weighted by atomic mass is 79.9. The van der Waals surface area contributed by atoms with Crippen LogP contribution in [0.2, 0.25) is 0 Å². The maximum absolute atomic E-state index is 12.6. The molecule has 2 amide bonds. The van der Waals surface area contributed by atoms with Crippen molar-refractivity contribution in [1.29, 1.82) is 0 Å². The predicted octanol–water partition coefficient (Wildman–Crippen LogP) is 4.14. The van der Waals surface area contributed by atoms with Gasteiger partial charge in [-0.1, -0.05) is 12.1 Å². The number of halogens is 4. The average Bonchev–Trinajstić information content (AvgIpc) is 3.03. The molecule has 0 saturated heterocycles. The van der Waals surface area contributed by atoms with Crippen LogP contribution in [0.25, 0.3) is 0 Å². The van der Waals surface area contributed by atoms with Crippen molar-refractivity contribution in [3.63, 3.8) is 0 Å². The van der Waals surface area contributed by atoms with Gasteiger partial charge in [-0.05, 0) is 52.3 Å². The maximum Gasteiger partial charge on any atom is 0.416 e. The Labute approximate surface area is 177 Å². The van der Waals surface area contributed by atoms with Gasteiger partial charge in [0.05, 0.1) is 17.4 Å². The number of nitrogens with two attached hydrogens (primary N) is 1. The Morgan fingerprint density at radius 3 is 2.37 bits per heavy atom. The molecule has 4 N–H and O–H groups in total. The lowest BCUT2D eigenvalue weighted by Gasteiger charge is -2.10. The van der Waals surface area contributed by atoms with Crippen LogP contribution in [0.4, 0.5) is 30.4 Å². The van der Waals surface area contributed by atoms with E-state index in [-0.39, 0.29) is 23.6 Å². The number of rotatable bonds is 5. The number of aromatic nitrogens is 2. The first-order chi connectivity index (χ1) is 14.1. The van der Waals surface area contributed by atoms with Gasteiger partial charge in [-0.15, -0.1) is 0 Å². The normalized spacial score (nSPS) is 11.2. The smallest absolute Gasteiger partial charge is 0.383 e. The van der Waals surface area contributed by atoms with Gasteiger partial charge in [0.2, 0.25) is 5.91 Å². The zero-order valence-electron chi connectivity index (χ0n) is 15.2. The summed E-state index contributed by atoms with van der Waals surface area (Å²) in [4.78, 5) is 24.6. The second kappa shape index (κ2) is 8.57. The molecule has 11 heteroatoms. The molecule has 0 bridgehead atoms. The van der Waals surface area contributed by atoms with Crippen LogP contribution in [0.15, 0.2) is 59.2 Å². The fourth-order valence-corrected chi connectivity index (χ4v) is 2.91. The number of carbonyl (C=O) groups is 2. The molecule has 1 heterocycles. The summed E-state index contributed by atoms with van der Waals surface area (Å²) in [5.74, 6) is -1.10. The van der Waals surface area contributed by atoms with E-state index < -0.39 is 23.6 Å². The number of benzene rings is 2. The fourth-order valence-electron chi connectivity index (χ4n) is 2.53. The molecule has 3 rings (SSSR count). The molecule has 156 valence electrons. The molecule has 0 aliphatic heterocycles. The van der Waals surface area contributed by atoms with Gasteiger partial charge in [0.1, 0.15) is 17.9 Å². The van der Waals surface area contributed by atoms with Crippen LogP contribution >= 0.6 is 15.9 Å². The number of carbonyl (C=O) groups excluding carboxylic acids is 2. The second-order valence-electron chi connectivity index (χ2n) is 6.16. The lowest BCUT2D eigenvalue weighted by atomic mass is 10.2. The first-order valence-electron chi connectivity index (χ1n) is 8.49. The number of nitrogens with zero attached hydrogens (tertiary/aromatic N) is 2. The Kier molecular flexibility index (Phi) is 6.11. The molecule has 1 aromatic heterocycles. The first-order valence-corrected chi connectivity index (χ1v) is 9.28. The minimum absolute atomic E-state index is 0.0258. The molecule has 0 spiro atoms. The molecule has 30 heavy (non-hydrogen) atoms. The number of para-hydroxylation sites is 1. The summed E-state index contributed by atoms with van der Waals surface area (Å²) in [6, 6.07) is 11.0. The monoisotopic (exact) mass is 481 g/mol. The van der Waals surface area contributed by atoms with Crippen molar-refractivity contribution in [3.8, 4) is 0 Å². The molecule has 0 radical (unpaired) electrons. The van der Waals surface area contributed by atoms with Gasteiger partial charge in [-0.25, -0.2) is 4.68 Å². The summed E-state index contributed by atoms with van der Waals surface area (Å²) in [7, 11) is 0. The molecule has 0 atom stereocenters. The van der Waals surface area contributed by atoms with Crippen LogP contribution in [-0.2, 0) is 17.5 Å². The molecule has 0 unspecified atom stereocenters. The van der Waals surface area contributed by atoms with Crippen molar-refractivity contribution in [3.05, 3.63) is 70.3 Å². The molecule has 0 fully saturated rings. The number of alkyl halides is 3. The van der Waals surface area contributed by atoms with Crippen molar-refractivity contribution in [2.45, 2.75) is 12.7 Å². The van der Waals surface area contributed by atoms with Gasteiger partial charge in [-0.3, -0.25) is 9.59 Å². The highest BCUT2D eigenvalue weighted by Crippen LogP contribution is 2.29. The summed E-state index contributed by atoms with van der Waals surface area (Å²) in [6.07, 6.45) is -3.23. The zero-order valence-corrected chi connectivity index (χ0v) is 16.8. The van der Waals surface area contributed by atoms with E-state index in [1.165, 1.54) is 6.20 Å². The molecule has 0 aliphatic carbocycles. The van der Waals surface area contributed by atoms with E-state index in [1.807, 2.05) is 0 Å². The quantitative estimate of drug-likeness (QED) is 0.509. The van der Waals surface area contributed by atoms with E-state index in [2.05, 4.69) is 31.7 Å². The van der Waals surface area contributed by atoms with Gasteiger partial charge < -0.3 is 16.4 Å². The van der Waals surface area contributed by atoms with E-state index in [9.17, 15) is 22.8 Å². The summed E-state index contributed by atoms with van der Waals surface area (Å²) in [5.41, 5.74) is 5.91. The lowest BCUT2D eigenvalue weighted by molar-refractivity contribution is -0.137. The largest absolute Gasteiger partial charge is 0.416 e. The third kappa shape index (κ3) is 4.98. The number of amides is 2. The second-order valence-corrected chi connectivity index (χ2v) is 7.01. The Morgan fingerprint density at radius 1 is 1.07 bits per heavy atom. The van der Waals surface area contributed by atoms with E-state index >= 15 is 0 Å². The number of hydrogen-bond acceptors (Lipinski definition) is 4. The Bertz CT molecular complexity index is 1080. The van der Waals surface area contributed by atoms with Crippen molar-refractivity contribution < 1.29 is 22.8 Å². The van der Waals surface area contributed by atoms with Gasteiger partial charge in [0.15, 0.2) is 0 Å². The summed E-state index contributed by atoms with van der Waals surface area (Å²) < 4.78 is 39.6. The summed E-state index contributed by atoms with van der Waals surface area (Å²) >= 11 is 3.32. The predicted molar refractivity (Wildman–Crippen MR) is 109 cm³/mol. The number of hydrogen-bond donors (Lipinski definition) is 3. The highest BCUT2D eigenvalue weighted by Gasteiger charge is 2.30. The molecular weight excluding hydrogens is 467 g/mol. The summed E-state index contributed by atoms with van der Waals surface area (Å²) in [5, 5.41) is 9.07. The van der Waals surface area contributed by atoms with Crippen molar-refractivity contribution in [2.24, 2.45) is 0 Å². The van der Waals surface area contributed by atoms with Gasteiger partial charge >= 0.3 is 6.18 Å². The molecule has 0 saturated carbocycles. The zero-order chi connectivity index (χ0) is 21.9. The van der Waals surface area contributed by atoms with Crippen LogP contribution < -0.4 is 16.4 Å². The molecule has 3 aromatic rings. The number of nitrogen functional groups attached to an aromatic ring is 1. The molecule has 7 nitrogen and oxygen atoms in total. The molecule has 2 aromatic carbocycles. The van der Waals surface area contributed by atoms with E-state index in [4.69, 9.17) is 5.73 Å². The van der Waals surface area contributed by atoms with Gasteiger partial charge in [0.25, 0.3) is 5.91 Å². The minimum Gasteiger partial charge on any atom is -0.383 e. The van der Waals surface area contributed by atoms with E-state index in [0.29, 0.717) is 10.2 Å².